The zero-order chi connectivity index (χ0) is 15.6. The second kappa shape index (κ2) is 6.02. The zero-order valence-electron chi connectivity index (χ0n) is 12.4. The first kappa shape index (κ1) is 14.2. The molecule has 1 fully saturated rings. The molecule has 0 radical (unpaired) electrons. The fraction of sp³-hybridized carbons (Fsp3) is 0.250. The molecule has 1 atom stereocenters. The van der Waals surface area contributed by atoms with E-state index < -0.39 is 0 Å². The number of nitrogens with one attached hydrogen (secondary N) is 4. The van der Waals surface area contributed by atoms with Crippen LogP contribution in [0.5, 0.6) is 0 Å². The van der Waals surface area contributed by atoms with Gasteiger partial charge in [-0.2, -0.15) is 0 Å². The van der Waals surface area contributed by atoms with Crippen molar-refractivity contribution in [3.63, 3.8) is 0 Å². The maximum absolute atomic E-state index is 12.5. The van der Waals surface area contributed by atoms with Gasteiger partial charge in [0.05, 0.1) is 11.3 Å². The highest BCUT2D eigenvalue weighted by Crippen LogP contribution is 2.30. The van der Waals surface area contributed by atoms with Crippen LogP contribution in [0.2, 0.25) is 0 Å². The molecule has 0 saturated carbocycles. The Bertz CT molecular complexity index is 834. The maximum atomic E-state index is 12.5. The number of hydrogen-bond acceptors (Lipinski definition) is 5. The zero-order valence-corrected chi connectivity index (χ0v) is 13.2. The second-order valence-corrected chi connectivity index (χ2v) is 6.47. The van der Waals surface area contributed by atoms with E-state index in [1.54, 1.807) is 6.20 Å². The van der Waals surface area contributed by atoms with Crippen LogP contribution >= 0.6 is 11.3 Å². The Labute approximate surface area is 137 Å². The van der Waals surface area contributed by atoms with Gasteiger partial charge in [-0.05, 0) is 36.5 Å². The van der Waals surface area contributed by atoms with E-state index in [-0.39, 0.29) is 11.9 Å². The van der Waals surface area contributed by atoms with Gasteiger partial charge in [0.2, 0.25) is 0 Å². The molecule has 4 heterocycles. The number of amides is 1. The Kier molecular flexibility index (Phi) is 3.72. The fourth-order valence-corrected chi connectivity index (χ4v) is 3.61. The minimum atomic E-state index is -0.0261. The Morgan fingerprint density at radius 2 is 2.30 bits per heavy atom. The van der Waals surface area contributed by atoms with Crippen molar-refractivity contribution < 1.29 is 4.79 Å². The standard InChI is InChI=1S/C16H17N5OS/c22-15(20-10-1-5-17-9-10)12-4-8-23-16(12)21-13-3-7-19-14-11(13)2-6-18-14/h2-4,6-8,10,17H,1,5,9H2,(H,20,22)(H2,18,19,21). The highest BCUT2D eigenvalue weighted by molar-refractivity contribution is 7.14. The summed E-state index contributed by atoms with van der Waals surface area (Å²) in [5, 5.41) is 13.5. The number of hydrogen-bond donors (Lipinski definition) is 4. The Balaban J connectivity index is 1.57. The summed E-state index contributed by atoms with van der Waals surface area (Å²) < 4.78 is 0. The molecular weight excluding hydrogens is 310 g/mol. The third-order valence-corrected chi connectivity index (χ3v) is 4.84. The number of fused-ring (bicyclic) bond motifs is 1. The van der Waals surface area contributed by atoms with Gasteiger partial charge in [-0.25, -0.2) is 4.98 Å². The van der Waals surface area contributed by atoms with Crippen LogP contribution in [0.3, 0.4) is 0 Å². The number of aromatic amines is 1. The van der Waals surface area contributed by atoms with E-state index in [0.29, 0.717) is 5.56 Å². The van der Waals surface area contributed by atoms with E-state index in [9.17, 15) is 4.79 Å². The van der Waals surface area contributed by atoms with Gasteiger partial charge < -0.3 is 20.9 Å². The summed E-state index contributed by atoms with van der Waals surface area (Å²) in [5.41, 5.74) is 2.45. The minimum absolute atomic E-state index is 0.0261. The Morgan fingerprint density at radius 1 is 1.35 bits per heavy atom. The average Bonchev–Trinajstić information content (AvgIpc) is 3.28. The molecule has 1 amide bonds. The molecular formula is C16H17N5OS. The van der Waals surface area contributed by atoms with Gasteiger partial charge in [0.15, 0.2) is 0 Å². The molecule has 1 aliphatic rings. The van der Waals surface area contributed by atoms with Crippen LogP contribution < -0.4 is 16.0 Å². The molecule has 1 unspecified atom stereocenters. The molecule has 0 spiro atoms. The highest BCUT2D eigenvalue weighted by atomic mass is 32.1. The monoisotopic (exact) mass is 327 g/mol. The van der Waals surface area contributed by atoms with E-state index in [0.717, 1.165) is 41.2 Å². The molecule has 3 aromatic heterocycles. The van der Waals surface area contributed by atoms with Crippen LogP contribution in [0, 0.1) is 0 Å². The fourth-order valence-electron chi connectivity index (χ4n) is 2.82. The van der Waals surface area contributed by atoms with Crippen molar-refractivity contribution in [3.05, 3.63) is 41.5 Å². The molecule has 3 aromatic rings. The summed E-state index contributed by atoms with van der Waals surface area (Å²) in [6.07, 6.45) is 4.59. The number of thiophene rings is 1. The maximum Gasteiger partial charge on any atom is 0.254 e. The molecule has 6 nitrogen and oxygen atoms in total. The first-order valence-corrected chi connectivity index (χ1v) is 8.47. The van der Waals surface area contributed by atoms with E-state index in [1.807, 2.05) is 29.8 Å². The molecule has 7 heteroatoms. The molecule has 0 bridgehead atoms. The molecule has 1 aliphatic heterocycles. The van der Waals surface area contributed by atoms with E-state index in [4.69, 9.17) is 0 Å². The predicted molar refractivity (Wildman–Crippen MR) is 92.4 cm³/mol. The van der Waals surface area contributed by atoms with Gasteiger partial charge >= 0.3 is 0 Å². The number of H-pyrrole nitrogens is 1. The number of rotatable bonds is 4. The van der Waals surface area contributed by atoms with Crippen LogP contribution in [-0.4, -0.2) is 35.0 Å². The quantitative estimate of drug-likeness (QED) is 0.593. The topological polar surface area (TPSA) is 81.8 Å². The van der Waals surface area contributed by atoms with Gasteiger partial charge in [0, 0.05) is 30.4 Å². The summed E-state index contributed by atoms with van der Waals surface area (Å²) in [6, 6.07) is 5.97. The molecule has 4 N–H and O–H groups in total. The number of nitrogens with zero attached hydrogens (tertiary/aromatic N) is 1. The molecule has 1 saturated heterocycles. The van der Waals surface area contributed by atoms with E-state index in [1.165, 1.54) is 11.3 Å². The highest BCUT2D eigenvalue weighted by Gasteiger charge is 2.20. The summed E-state index contributed by atoms with van der Waals surface area (Å²) in [6.45, 7) is 1.80. The SMILES string of the molecule is O=C(NC1CCNC1)c1ccsc1Nc1ccnc2[nH]ccc12. The lowest BCUT2D eigenvalue weighted by molar-refractivity contribution is 0.0941. The lowest BCUT2D eigenvalue weighted by Crippen LogP contribution is -2.36. The van der Waals surface area contributed by atoms with E-state index in [2.05, 4.69) is 25.9 Å². The van der Waals surface area contributed by atoms with Crippen molar-refractivity contribution >= 4 is 39.0 Å². The van der Waals surface area contributed by atoms with Crippen LogP contribution in [-0.2, 0) is 0 Å². The first-order valence-electron chi connectivity index (χ1n) is 7.59. The van der Waals surface area contributed by atoms with Crippen molar-refractivity contribution in [3.8, 4) is 0 Å². The third kappa shape index (κ3) is 2.80. The Hall–Kier alpha value is -2.38. The van der Waals surface area contributed by atoms with Crippen molar-refractivity contribution in [2.75, 3.05) is 18.4 Å². The smallest absolute Gasteiger partial charge is 0.254 e. The van der Waals surface area contributed by atoms with Crippen molar-refractivity contribution in [1.29, 1.82) is 0 Å². The number of carbonyl (C=O) groups is 1. The molecule has 4 rings (SSSR count). The van der Waals surface area contributed by atoms with Crippen LogP contribution in [0.4, 0.5) is 10.7 Å². The lowest BCUT2D eigenvalue weighted by atomic mass is 10.2. The number of anilines is 2. The normalized spacial score (nSPS) is 17.5. The number of carbonyl (C=O) groups excluding carboxylic acids is 1. The average molecular weight is 327 g/mol. The first-order chi connectivity index (χ1) is 11.3. The summed E-state index contributed by atoms with van der Waals surface area (Å²) >= 11 is 1.52. The van der Waals surface area contributed by atoms with Crippen LogP contribution in [0.25, 0.3) is 11.0 Å². The molecule has 23 heavy (non-hydrogen) atoms. The second-order valence-electron chi connectivity index (χ2n) is 5.55. The van der Waals surface area contributed by atoms with Gasteiger partial charge in [-0.3, -0.25) is 4.79 Å². The van der Waals surface area contributed by atoms with Gasteiger partial charge in [0.1, 0.15) is 10.6 Å². The molecule has 0 aliphatic carbocycles. The predicted octanol–water partition coefficient (Wildman–Crippen LogP) is 2.46. The summed E-state index contributed by atoms with van der Waals surface area (Å²) in [7, 11) is 0. The summed E-state index contributed by atoms with van der Waals surface area (Å²) in [5.74, 6) is -0.0261. The minimum Gasteiger partial charge on any atom is -0.348 e. The lowest BCUT2D eigenvalue weighted by Gasteiger charge is -2.12. The van der Waals surface area contributed by atoms with Crippen molar-refractivity contribution in [1.82, 2.24) is 20.6 Å². The van der Waals surface area contributed by atoms with Crippen LogP contribution in [0.15, 0.2) is 36.0 Å². The Morgan fingerprint density at radius 3 is 3.17 bits per heavy atom. The van der Waals surface area contributed by atoms with Gasteiger partial charge in [-0.15, -0.1) is 11.3 Å². The number of aromatic nitrogens is 2. The van der Waals surface area contributed by atoms with E-state index >= 15 is 0 Å². The largest absolute Gasteiger partial charge is 0.348 e. The molecule has 118 valence electrons. The van der Waals surface area contributed by atoms with Crippen molar-refractivity contribution in [2.24, 2.45) is 0 Å². The number of pyridine rings is 1. The van der Waals surface area contributed by atoms with Gasteiger partial charge in [0.25, 0.3) is 5.91 Å². The third-order valence-electron chi connectivity index (χ3n) is 4.01. The van der Waals surface area contributed by atoms with Gasteiger partial charge in [-0.1, -0.05) is 0 Å². The van der Waals surface area contributed by atoms with Crippen LogP contribution in [0.1, 0.15) is 16.8 Å². The summed E-state index contributed by atoms with van der Waals surface area (Å²) in [4.78, 5) is 19.9. The van der Waals surface area contributed by atoms with Crippen molar-refractivity contribution in [2.45, 2.75) is 12.5 Å². The molecule has 0 aromatic carbocycles.